The van der Waals surface area contributed by atoms with E-state index in [0.717, 1.165) is 19.3 Å². The Morgan fingerprint density at radius 2 is 1.33 bits per heavy atom. The summed E-state index contributed by atoms with van der Waals surface area (Å²) >= 11 is 0. The van der Waals surface area contributed by atoms with E-state index in [0.29, 0.717) is 0 Å². The van der Waals surface area contributed by atoms with Crippen molar-refractivity contribution in [2.75, 3.05) is 0 Å². The van der Waals surface area contributed by atoms with Gasteiger partial charge in [-0.05, 0) is 45.0 Å². The van der Waals surface area contributed by atoms with Crippen LogP contribution in [-0.2, 0) is 17.4 Å². The summed E-state index contributed by atoms with van der Waals surface area (Å²) in [6.07, 6.45) is 7.73. The Morgan fingerprint density at radius 3 is 2.00 bits per heavy atom. The Labute approximate surface area is 213 Å². The molecule has 0 atom stereocenters. The zero-order valence-electron chi connectivity index (χ0n) is 21.0. The lowest BCUT2D eigenvalue weighted by Gasteiger charge is -2.36. The van der Waals surface area contributed by atoms with Crippen molar-refractivity contribution in [2.45, 2.75) is 44.1 Å². The molecule has 1 aliphatic heterocycles. The van der Waals surface area contributed by atoms with E-state index in [1.54, 1.807) is 0 Å². The number of hydrogen-bond acceptors (Lipinski definition) is 0. The van der Waals surface area contributed by atoms with Crippen LogP contribution in [0.3, 0.4) is 0 Å². The fourth-order valence-electron chi connectivity index (χ4n) is 7.08. The van der Waals surface area contributed by atoms with Crippen LogP contribution in [0.15, 0.2) is 116 Å². The van der Waals surface area contributed by atoms with E-state index in [1.807, 2.05) is 0 Å². The zero-order chi connectivity index (χ0) is 24.3. The SMILES string of the molecule is CCC1(CC)Cc2cc(C3(c4ccccc4)c4ccccc4-c4ccccc43)ccc2-n2ccc[n+]21. The first kappa shape index (κ1) is 21.4. The molecular weight excluding hydrogens is 436 g/mol. The van der Waals surface area contributed by atoms with Gasteiger partial charge in [0.15, 0.2) is 11.7 Å². The number of fused-ring (bicyclic) bond motifs is 6. The molecule has 1 aliphatic carbocycles. The molecule has 0 bridgehead atoms. The number of benzene rings is 4. The van der Waals surface area contributed by atoms with Gasteiger partial charge in [0, 0.05) is 25.3 Å². The molecular formula is C34H31N2+. The first-order chi connectivity index (χ1) is 17.7. The highest BCUT2D eigenvalue weighted by Crippen LogP contribution is 2.56. The highest BCUT2D eigenvalue weighted by atomic mass is 15.4. The van der Waals surface area contributed by atoms with Crippen molar-refractivity contribution >= 4 is 0 Å². The van der Waals surface area contributed by atoms with Crippen molar-refractivity contribution in [1.82, 2.24) is 4.68 Å². The lowest BCUT2D eigenvalue weighted by atomic mass is 9.67. The van der Waals surface area contributed by atoms with Gasteiger partial charge >= 0.3 is 0 Å². The van der Waals surface area contributed by atoms with E-state index in [4.69, 9.17) is 0 Å². The molecule has 0 amide bonds. The Bertz CT molecular complexity index is 1540. The number of rotatable bonds is 4. The molecule has 4 aromatic carbocycles. The molecule has 0 unspecified atom stereocenters. The van der Waals surface area contributed by atoms with Gasteiger partial charge < -0.3 is 0 Å². The van der Waals surface area contributed by atoms with Gasteiger partial charge in [-0.1, -0.05) is 105 Å². The summed E-state index contributed by atoms with van der Waals surface area (Å²) in [4.78, 5) is 0. The molecule has 0 N–H and O–H groups in total. The smallest absolute Gasteiger partial charge is 0.128 e. The van der Waals surface area contributed by atoms with E-state index in [9.17, 15) is 0 Å². The summed E-state index contributed by atoms with van der Waals surface area (Å²) in [5.41, 5.74) is 10.6. The molecule has 0 spiro atoms. The van der Waals surface area contributed by atoms with Crippen molar-refractivity contribution in [1.29, 1.82) is 0 Å². The number of nitrogens with zero attached hydrogens (tertiary/aromatic N) is 2. The molecule has 7 rings (SSSR count). The summed E-state index contributed by atoms with van der Waals surface area (Å²) in [7, 11) is 0. The van der Waals surface area contributed by atoms with Crippen LogP contribution in [0.25, 0.3) is 16.8 Å². The minimum atomic E-state index is -0.339. The molecule has 2 heteroatoms. The average molecular weight is 468 g/mol. The van der Waals surface area contributed by atoms with Crippen LogP contribution in [0.1, 0.15) is 54.5 Å². The van der Waals surface area contributed by atoms with E-state index >= 15 is 0 Å². The first-order valence-electron chi connectivity index (χ1n) is 13.2. The van der Waals surface area contributed by atoms with Crippen molar-refractivity contribution < 1.29 is 4.68 Å². The Morgan fingerprint density at radius 1 is 0.694 bits per heavy atom. The number of hydrogen-bond donors (Lipinski definition) is 0. The van der Waals surface area contributed by atoms with E-state index in [-0.39, 0.29) is 11.0 Å². The lowest BCUT2D eigenvalue weighted by molar-refractivity contribution is -0.830. The Kier molecular flexibility index (Phi) is 4.63. The van der Waals surface area contributed by atoms with Crippen LogP contribution in [-0.4, -0.2) is 4.68 Å². The van der Waals surface area contributed by atoms with Crippen LogP contribution in [0.4, 0.5) is 0 Å². The predicted molar refractivity (Wildman–Crippen MR) is 146 cm³/mol. The van der Waals surface area contributed by atoms with Crippen LogP contribution >= 0.6 is 0 Å². The van der Waals surface area contributed by atoms with Crippen molar-refractivity contribution in [2.24, 2.45) is 0 Å². The maximum absolute atomic E-state index is 2.52. The van der Waals surface area contributed by atoms with Crippen LogP contribution in [0.2, 0.25) is 0 Å². The maximum Gasteiger partial charge on any atom is 0.196 e. The molecule has 0 radical (unpaired) electrons. The van der Waals surface area contributed by atoms with Gasteiger partial charge in [-0.25, -0.2) is 0 Å². The van der Waals surface area contributed by atoms with Crippen LogP contribution < -0.4 is 4.68 Å². The molecule has 0 fully saturated rings. The molecule has 0 saturated heterocycles. The van der Waals surface area contributed by atoms with E-state index < -0.39 is 0 Å². The summed E-state index contributed by atoms with van der Waals surface area (Å²) < 4.78 is 4.82. The topological polar surface area (TPSA) is 8.81 Å². The molecule has 5 aromatic rings. The third kappa shape index (κ3) is 2.65. The standard InChI is InChI=1S/C34H31N2/c1-3-33(4-2)24-25-23-27(19-20-32(25)35-21-12-22-36(33)35)34(26-13-6-5-7-14-26)30-17-10-8-15-28(30)29-16-9-11-18-31(29)34/h5-23H,3-4,24H2,1-2H3/q+1. The molecule has 176 valence electrons. The third-order valence-corrected chi connectivity index (χ3v) is 8.93. The van der Waals surface area contributed by atoms with Gasteiger partial charge in [0.25, 0.3) is 0 Å². The van der Waals surface area contributed by atoms with E-state index in [2.05, 4.69) is 139 Å². The molecule has 0 saturated carbocycles. The fourth-order valence-corrected chi connectivity index (χ4v) is 7.08. The zero-order valence-corrected chi connectivity index (χ0v) is 21.0. The highest BCUT2D eigenvalue weighted by molar-refractivity contribution is 5.86. The van der Waals surface area contributed by atoms with Gasteiger partial charge in [0.2, 0.25) is 0 Å². The molecule has 2 heterocycles. The summed E-state index contributed by atoms with van der Waals surface area (Å²) in [6.45, 7) is 4.66. The normalized spacial score (nSPS) is 16.1. The lowest BCUT2D eigenvalue weighted by Crippen LogP contribution is -2.63. The van der Waals surface area contributed by atoms with Gasteiger partial charge in [0.05, 0.1) is 11.6 Å². The highest BCUT2D eigenvalue weighted by Gasteiger charge is 2.48. The number of aromatic nitrogens is 2. The molecule has 36 heavy (non-hydrogen) atoms. The monoisotopic (exact) mass is 467 g/mol. The minimum absolute atomic E-state index is 0.0977. The average Bonchev–Trinajstić information content (AvgIpc) is 3.56. The molecule has 2 nitrogen and oxygen atoms in total. The van der Waals surface area contributed by atoms with Crippen LogP contribution in [0.5, 0.6) is 0 Å². The minimum Gasteiger partial charge on any atom is -0.128 e. The second-order valence-corrected chi connectivity index (χ2v) is 10.3. The summed E-state index contributed by atoms with van der Waals surface area (Å²) in [5.74, 6) is 0. The summed E-state index contributed by atoms with van der Waals surface area (Å²) in [5, 5.41) is 0. The van der Waals surface area contributed by atoms with Crippen LogP contribution in [0, 0.1) is 0 Å². The van der Waals surface area contributed by atoms with Crippen molar-refractivity contribution in [3.8, 4) is 16.8 Å². The molecule has 1 aromatic heterocycles. The second-order valence-electron chi connectivity index (χ2n) is 10.3. The Hall–Kier alpha value is -3.91. The van der Waals surface area contributed by atoms with Gasteiger partial charge in [-0.2, -0.15) is 0 Å². The predicted octanol–water partition coefficient (Wildman–Crippen LogP) is 7.20. The maximum atomic E-state index is 2.52. The third-order valence-electron chi connectivity index (χ3n) is 8.93. The quantitative estimate of drug-likeness (QED) is 0.242. The van der Waals surface area contributed by atoms with Gasteiger partial charge in [-0.3, -0.25) is 0 Å². The first-order valence-corrected chi connectivity index (χ1v) is 13.2. The second kappa shape index (κ2) is 7.80. The fraction of sp³-hybridized carbons (Fsp3) is 0.206. The largest absolute Gasteiger partial charge is 0.196 e. The van der Waals surface area contributed by atoms with Gasteiger partial charge in [0.1, 0.15) is 5.69 Å². The summed E-state index contributed by atoms with van der Waals surface area (Å²) in [6, 6.07) is 38.5. The van der Waals surface area contributed by atoms with Crippen molar-refractivity contribution in [3.05, 3.63) is 143 Å². The van der Waals surface area contributed by atoms with Gasteiger partial charge in [-0.15, -0.1) is 9.36 Å². The van der Waals surface area contributed by atoms with E-state index in [1.165, 1.54) is 44.6 Å². The van der Waals surface area contributed by atoms with Crippen molar-refractivity contribution in [3.63, 3.8) is 0 Å². The Balaban J connectivity index is 1.55. The molecule has 2 aliphatic rings.